The van der Waals surface area contributed by atoms with Gasteiger partial charge in [0.15, 0.2) is 0 Å². The van der Waals surface area contributed by atoms with Crippen LogP contribution in [0.2, 0.25) is 46.7 Å². The van der Waals surface area contributed by atoms with Gasteiger partial charge in [0, 0.05) is 0 Å². The molecule has 41 heavy (non-hydrogen) atoms. The zero-order chi connectivity index (χ0) is 27.1. The molecule has 0 radical (unpaired) electrons. The van der Waals surface area contributed by atoms with Crippen LogP contribution in [0.25, 0.3) is 0 Å². The number of fused-ring (bicyclic) bond motifs is 11. The van der Waals surface area contributed by atoms with Crippen LogP contribution in [0.4, 0.5) is 0 Å². The zero-order valence-electron chi connectivity index (χ0n) is 24.6. The molecule has 10 saturated heterocycles. The standard InChI is InChI=1S/C31H39N2P2.C5H5.Fe/c1-29(2,3)24-15-27(30(19-34)25-11-20-10-21(13-25)14-26(30)12-20)28(16-24)31(35,22-6-4-8-32-17-22)23-7-5-9-33-18-23;1-2-4-5-3-1;/h4-9,15-18,20-21,25-26H,10-14,19,34-35H2,1-3H3;1-5H;. The molecule has 4 saturated carbocycles. The van der Waals surface area contributed by atoms with E-state index in [2.05, 4.69) is 75.9 Å². The predicted octanol–water partition coefficient (Wildman–Crippen LogP) is 9.46. The summed E-state index contributed by atoms with van der Waals surface area (Å²) in [4.78, 5) is 18.3. The van der Waals surface area contributed by atoms with E-state index in [0.717, 1.165) is 37.1 Å². The SMILES string of the molecule is CC(C)(C)[C]12[CH]3[C]4(C(P)(c5cccnc5)c5cccnc5)[C]5(C6(CP)C7CC8CC(C7)CC6C8)[CH]1[Fe]32451678[CH]2[CH]1[CH]6[CH]7[CH]28. The van der Waals surface area contributed by atoms with Gasteiger partial charge in [0.2, 0.25) is 0 Å². The van der Waals surface area contributed by atoms with E-state index in [-0.39, 0.29) is 5.16 Å². The van der Waals surface area contributed by atoms with Crippen molar-refractivity contribution in [1.29, 1.82) is 0 Å². The molecule has 4 bridgehead atoms. The molecule has 1 spiro atoms. The number of rotatable bonds is 5. The van der Waals surface area contributed by atoms with Gasteiger partial charge in [-0.25, -0.2) is 0 Å². The number of pyridine rings is 2. The quantitative estimate of drug-likeness (QED) is 0.245. The van der Waals surface area contributed by atoms with Gasteiger partial charge in [-0.05, 0) is 0 Å². The summed E-state index contributed by atoms with van der Waals surface area (Å²) >= 11 is 0. The van der Waals surface area contributed by atoms with Gasteiger partial charge in [-0.15, -0.1) is 0 Å². The van der Waals surface area contributed by atoms with Crippen molar-refractivity contribution in [2.24, 2.45) is 34.5 Å². The Bertz CT molecular complexity index is 2050. The Labute approximate surface area is 239 Å². The van der Waals surface area contributed by atoms with E-state index >= 15 is 0 Å². The van der Waals surface area contributed by atoms with Crippen molar-refractivity contribution in [3.8, 4) is 0 Å². The molecule has 16 rings (SSSR count). The molecular formula is C36H44FeN2P2. The molecule has 4 aliphatic carbocycles. The van der Waals surface area contributed by atoms with Crippen molar-refractivity contribution >= 4 is 18.5 Å². The molecule has 2 aromatic heterocycles. The predicted molar refractivity (Wildman–Crippen MR) is 167 cm³/mol. The second-order valence-corrected chi connectivity index (χ2v) is 45.1. The van der Waals surface area contributed by atoms with Crippen molar-refractivity contribution < 1.29 is 6.51 Å². The minimum atomic E-state index is -4.30. The van der Waals surface area contributed by atoms with E-state index in [4.69, 9.17) is 9.97 Å². The molecule has 14 aliphatic rings. The maximum absolute atomic E-state index is 4.89. The van der Waals surface area contributed by atoms with Gasteiger partial charge in [0.25, 0.3) is 0 Å². The monoisotopic (exact) mass is 622 g/mol. The molecule has 2 aromatic rings. The molecule has 0 aromatic carbocycles. The van der Waals surface area contributed by atoms with Crippen LogP contribution in [0.1, 0.15) is 64.0 Å². The summed E-state index contributed by atoms with van der Waals surface area (Å²) in [6.45, 7) is 3.99. The number of hydrogen-bond acceptors (Lipinski definition) is 2. The van der Waals surface area contributed by atoms with Crippen LogP contribution in [-0.2, 0) is 11.7 Å². The van der Waals surface area contributed by atoms with E-state index in [1.54, 1.807) is 32.1 Å². The molecule has 7 atom stereocenters. The normalized spacial score (nSPS) is 76.0. The Morgan fingerprint density at radius 2 is 1.32 bits per heavy atom. The number of hydrogen-bond donors (Lipinski definition) is 0. The fraction of sp³-hybridized carbons (Fsp3) is 0.722. The fourth-order valence-corrected chi connectivity index (χ4v) is 116. The van der Waals surface area contributed by atoms with E-state index in [1.807, 2.05) is 12.4 Å². The Morgan fingerprint density at radius 1 is 0.805 bits per heavy atom. The first kappa shape index (κ1) is 21.4. The van der Waals surface area contributed by atoms with Gasteiger partial charge < -0.3 is 0 Å². The van der Waals surface area contributed by atoms with E-state index in [9.17, 15) is 0 Å². The molecular weight excluding hydrogens is 578 g/mol. The summed E-state index contributed by atoms with van der Waals surface area (Å²) in [7, 11) is 7.31. The molecule has 0 amide bonds. The van der Waals surface area contributed by atoms with Crippen molar-refractivity contribution in [2.75, 3.05) is 6.16 Å². The Morgan fingerprint density at radius 3 is 1.71 bits per heavy atom. The summed E-state index contributed by atoms with van der Waals surface area (Å²) in [5, 5.41) is -0.0143. The van der Waals surface area contributed by atoms with Gasteiger partial charge in [-0.2, -0.15) is 0 Å². The van der Waals surface area contributed by atoms with Crippen molar-refractivity contribution in [3.63, 3.8) is 0 Å². The molecule has 14 fully saturated rings. The zero-order valence-corrected chi connectivity index (χ0v) is 28.0. The van der Waals surface area contributed by atoms with E-state index < -0.39 is 6.51 Å². The third-order valence-corrected chi connectivity index (χ3v) is 70.6. The Balaban J connectivity index is 1.16. The van der Waals surface area contributed by atoms with Crippen LogP contribution in [0.5, 0.6) is 0 Å². The van der Waals surface area contributed by atoms with Gasteiger partial charge in [0.05, 0.1) is 0 Å². The molecule has 216 valence electrons. The second-order valence-electron chi connectivity index (χ2n) is 20.9. The summed E-state index contributed by atoms with van der Waals surface area (Å²) < 4.78 is 2.06. The van der Waals surface area contributed by atoms with E-state index in [0.29, 0.717) is 15.1 Å². The average Bonchev–Trinajstić information content (AvgIpc) is 3.91. The minimum absolute atomic E-state index is 0.0143. The molecule has 7 unspecified atom stereocenters. The third kappa shape index (κ3) is 0.518. The van der Waals surface area contributed by atoms with Gasteiger partial charge in [0.1, 0.15) is 0 Å². The van der Waals surface area contributed by atoms with Gasteiger partial charge in [-0.1, -0.05) is 0 Å². The first-order valence-corrected chi connectivity index (χ1v) is 24.5. The van der Waals surface area contributed by atoms with Crippen LogP contribution in [0.15, 0.2) is 49.1 Å². The summed E-state index contributed by atoms with van der Waals surface area (Å²) in [6.07, 6.45) is 18.0. The summed E-state index contributed by atoms with van der Waals surface area (Å²) in [6, 6.07) is 9.52. The molecule has 12 heterocycles. The summed E-state index contributed by atoms with van der Waals surface area (Å²) in [5.74, 6) is 4.14. The fourth-order valence-electron chi connectivity index (χ4n) is 28.3. The molecule has 0 N–H and O–H groups in total. The van der Waals surface area contributed by atoms with Crippen LogP contribution in [0, 0.1) is 34.5 Å². The van der Waals surface area contributed by atoms with Crippen LogP contribution >= 0.6 is 18.5 Å². The molecule has 5 heteroatoms. The van der Waals surface area contributed by atoms with Crippen LogP contribution < -0.4 is 0 Å². The van der Waals surface area contributed by atoms with Crippen molar-refractivity contribution in [3.05, 3.63) is 60.2 Å². The molecule has 2 nitrogen and oxygen atoms in total. The van der Waals surface area contributed by atoms with Crippen molar-refractivity contribution in [1.82, 2.24) is 9.97 Å². The first-order valence-electron chi connectivity index (χ1n) is 17.0. The average molecular weight is 623 g/mol. The first-order chi connectivity index (χ1) is 19.5. The Hall–Kier alpha value is -0.321. The second kappa shape index (κ2) is 3.22. The molecule has 10 aliphatic heterocycles. The number of nitrogens with zero attached hydrogens (tertiary/aromatic N) is 2. The Kier molecular flexibility index (Phi) is 1.68. The van der Waals surface area contributed by atoms with Crippen LogP contribution in [0.3, 0.4) is 0 Å². The van der Waals surface area contributed by atoms with Gasteiger partial charge in [-0.3, -0.25) is 0 Å². The van der Waals surface area contributed by atoms with Gasteiger partial charge >= 0.3 is 240 Å². The van der Waals surface area contributed by atoms with E-state index in [1.165, 1.54) is 46.2 Å². The topological polar surface area (TPSA) is 25.8 Å². The summed E-state index contributed by atoms with van der Waals surface area (Å²) in [5.41, 5.74) is 4.14. The third-order valence-electron chi connectivity index (χ3n) is 24.5. The maximum atomic E-state index is 4.89. The van der Waals surface area contributed by atoms with Crippen LogP contribution in [-0.4, -0.2) is 16.1 Å². The number of aromatic nitrogens is 2. The van der Waals surface area contributed by atoms with Crippen molar-refractivity contribution in [2.45, 2.75) is 105 Å².